The third-order valence-electron chi connectivity index (χ3n) is 3.37. The summed E-state index contributed by atoms with van der Waals surface area (Å²) in [6, 6.07) is 12.1. The van der Waals surface area contributed by atoms with Crippen molar-refractivity contribution in [3.8, 4) is 11.8 Å². The normalized spacial score (nSPS) is 10.7. The van der Waals surface area contributed by atoms with Crippen molar-refractivity contribution < 1.29 is 18.7 Å². The lowest BCUT2D eigenvalue weighted by molar-refractivity contribution is -0.118. The first-order chi connectivity index (χ1) is 12.9. The number of para-hydroxylation sites is 1. The van der Waals surface area contributed by atoms with Crippen molar-refractivity contribution in [2.75, 3.05) is 19.0 Å². The van der Waals surface area contributed by atoms with Crippen LogP contribution in [-0.2, 0) is 9.59 Å². The predicted molar refractivity (Wildman–Crippen MR) is 99.6 cm³/mol. The first-order valence-corrected chi connectivity index (χ1v) is 8.13. The molecule has 0 unspecified atom stereocenters. The molecule has 0 saturated carbocycles. The fraction of sp³-hybridized carbons (Fsp3) is 0.105. The van der Waals surface area contributed by atoms with Gasteiger partial charge in [-0.2, -0.15) is 5.26 Å². The highest BCUT2D eigenvalue weighted by Crippen LogP contribution is 2.26. The van der Waals surface area contributed by atoms with E-state index in [1.165, 1.54) is 43.5 Å². The zero-order valence-corrected chi connectivity index (χ0v) is 15.0. The summed E-state index contributed by atoms with van der Waals surface area (Å²) in [5, 5.41) is 13.9. The van der Waals surface area contributed by atoms with Crippen molar-refractivity contribution in [2.24, 2.45) is 0 Å². The van der Waals surface area contributed by atoms with Gasteiger partial charge in [-0.25, -0.2) is 4.39 Å². The molecule has 8 heteroatoms. The molecular formula is C19H15ClFN3O3. The Bertz CT molecular complexity index is 938. The average Bonchev–Trinajstić information content (AvgIpc) is 2.66. The summed E-state index contributed by atoms with van der Waals surface area (Å²) in [4.78, 5) is 23.4. The number of amides is 2. The third kappa shape index (κ3) is 5.56. The molecule has 6 nitrogen and oxygen atoms in total. The molecule has 0 bridgehead atoms. The molecule has 0 spiro atoms. The molecule has 0 fully saturated rings. The fourth-order valence-electron chi connectivity index (χ4n) is 2.07. The summed E-state index contributed by atoms with van der Waals surface area (Å²) in [6.45, 7) is -0.370. The molecule has 0 aliphatic heterocycles. The minimum Gasteiger partial charge on any atom is -0.482 e. The lowest BCUT2D eigenvalue weighted by Gasteiger charge is -2.10. The molecule has 2 N–H and O–H groups in total. The lowest BCUT2D eigenvalue weighted by Crippen LogP contribution is -2.20. The first-order valence-electron chi connectivity index (χ1n) is 7.75. The second kappa shape index (κ2) is 9.36. The Labute approximate surface area is 160 Å². The number of nitriles is 1. The maximum Gasteiger partial charge on any atom is 0.262 e. The predicted octanol–water partition coefficient (Wildman–Crippen LogP) is 3.15. The monoisotopic (exact) mass is 387 g/mol. The van der Waals surface area contributed by atoms with Gasteiger partial charge in [-0.1, -0.05) is 29.8 Å². The van der Waals surface area contributed by atoms with Gasteiger partial charge in [0.2, 0.25) is 0 Å². The smallest absolute Gasteiger partial charge is 0.262 e. The van der Waals surface area contributed by atoms with Crippen LogP contribution in [0.15, 0.2) is 48.0 Å². The maximum absolute atomic E-state index is 13.5. The van der Waals surface area contributed by atoms with Gasteiger partial charge >= 0.3 is 0 Å². The molecule has 0 radical (unpaired) electrons. The van der Waals surface area contributed by atoms with Crippen molar-refractivity contribution in [3.63, 3.8) is 0 Å². The minimum atomic E-state index is -0.551. The highest BCUT2D eigenvalue weighted by molar-refractivity contribution is 6.32. The molecule has 2 aromatic rings. The van der Waals surface area contributed by atoms with Gasteiger partial charge in [0.15, 0.2) is 6.61 Å². The van der Waals surface area contributed by atoms with Crippen LogP contribution in [0.4, 0.5) is 10.1 Å². The SMILES string of the molecule is CNC(=O)/C(C#N)=C\c1ccc(OCC(=O)Nc2ccccc2F)c(Cl)c1. The summed E-state index contributed by atoms with van der Waals surface area (Å²) in [5.41, 5.74) is 0.491. The van der Waals surface area contributed by atoms with E-state index in [1.807, 2.05) is 0 Å². The van der Waals surface area contributed by atoms with Gasteiger partial charge < -0.3 is 15.4 Å². The number of halogens is 2. The number of hydrogen-bond acceptors (Lipinski definition) is 4. The quantitative estimate of drug-likeness (QED) is 0.588. The topological polar surface area (TPSA) is 91.2 Å². The third-order valence-corrected chi connectivity index (χ3v) is 3.66. The van der Waals surface area contributed by atoms with Crippen molar-refractivity contribution in [3.05, 3.63) is 64.4 Å². The van der Waals surface area contributed by atoms with Gasteiger partial charge in [0.1, 0.15) is 23.2 Å². The Balaban J connectivity index is 2.03. The number of benzene rings is 2. The lowest BCUT2D eigenvalue weighted by atomic mass is 10.1. The van der Waals surface area contributed by atoms with Gasteiger partial charge in [-0.05, 0) is 35.9 Å². The van der Waals surface area contributed by atoms with E-state index in [2.05, 4.69) is 10.6 Å². The van der Waals surface area contributed by atoms with E-state index in [9.17, 15) is 14.0 Å². The van der Waals surface area contributed by atoms with Crippen LogP contribution in [0.1, 0.15) is 5.56 Å². The Morgan fingerprint density at radius 2 is 2.04 bits per heavy atom. The van der Waals surface area contributed by atoms with E-state index in [4.69, 9.17) is 21.6 Å². The number of carbonyl (C=O) groups excluding carboxylic acids is 2. The Hall–Kier alpha value is -3.37. The van der Waals surface area contributed by atoms with Gasteiger partial charge in [-0.3, -0.25) is 9.59 Å². The van der Waals surface area contributed by atoms with Crippen molar-refractivity contribution >= 4 is 35.2 Å². The minimum absolute atomic E-state index is 0.0518. The Morgan fingerprint density at radius 1 is 1.30 bits per heavy atom. The molecule has 2 aromatic carbocycles. The molecule has 0 aliphatic rings. The number of hydrogen-bond donors (Lipinski definition) is 2. The highest BCUT2D eigenvalue weighted by Gasteiger charge is 2.10. The Morgan fingerprint density at radius 3 is 2.67 bits per heavy atom. The first kappa shape index (κ1) is 19.9. The molecule has 27 heavy (non-hydrogen) atoms. The maximum atomic E-state index is 13.5. The fourth-order valence-corrected chi connectivity index (χ4v) is 2.31. The second-order valence-corrected chi connectivity index (χ2v) is 5.66. The second-order valence-electron chi connectivity index (χ2n) is 5.26. The van der Waals surface area contributed by atoms with Gasteiger partial charge in [0.05, 0.1) is 10.7 Å². The van der Waals surface area contributed by atoms with Crippen LogP contribution in [-0.4, -0.2) is 25.5 Å². The van der Waals surface area contributed by atoms with Crippen molar-refractivity contribution in [1.82, 2.24) is 5.32 Å². The largest absolute Gasteiger partial charge is 0.482 e. The van der Waals surface area contributed by atoms with Gasteiger partial charge in [-0.15, -0.1) is 0 Å². The molecule has 138 valence electrons. The van der Waals surface area contributed by atoms with E-state index in [1.54, 1.807) is 18.2 Å². The summed E-state index contributed by atoms with van der Waals surface area (Å²) in [7, 11) is 1.42. The molecule has 0 heterocycles. The van der Waals surface area contributed by atoms with Gasteiger partial charge in [0.25, 0.3) is 11.8 Å². The van der Waals surface area contributed by atoms with Crippen molar-refractivity contribution in [1.29, 1.82) is 5.26 Å². The summed E-state index contributed by atoms with van der Waals surface area (Å²) >= 11 is 6.11. The highest BCUT2D eigenvalue weighted by atomic mass is 35.5. The van der Waals surface area contributed by atoms with Crippen LogP contribution in [0.2, 0.25) is 5.02 Å². The molecule has 0 atom stereocenters. The van der Waals surface area contributed by atoms with Gasteiger partial charge in [0, 0.05) is 7.05 Å². The summed E-state index contributed by atoms with van der Waals surface area (Å²) in [5.74, 6) is -1.38. The van der Waals surface area contributed by atoms with E-state index < -0.39 is 17.6 Å². The van der Waals surface area contributed by atoms with Crippen LogP contribution in [0.5, 0.6) is 5.75 Å². The number of rotatable bonds is 6. The van der Waals surface area contributed by atoms with Crippen LogP contribution >= 0.6 is 11.6 Å². The zero-order chi connectivity index (χ0) is 19.8. The molecular weight excluding hydrogens is 373 g/mol. The van der Waals surface area contributed by atoms with Crippen molar-refractivity contribution in [2.45, 2.75) is 0 Å². The molecule has 2 amide bonds. The number of likely N-dealkylation sites (N-methyl/N-ethyl adjacent to an activating group) is 1. The van der Waals surface area contributed by atoms with E-state index >= 15 is 0 Å². The van der Waals surface area contributed by atoms with E-state index in [0.717, 1.165) is 0 Å². The average molecular weight is 388 g/mol. The molecule has 0 aromatic heterocycles. The Kier molecular flexibility index (Phi) is 6.92. The summed E-state index contributed by atoms with van der Waals surface area (Å²) in [6.07, 6.45) is 1.37. The standard InChI is InChI=1S/C19H15ClFN3O3/c1-23-19(26)13(10-22)8-12-6-7-17(14(20)9-12)27-11-18(25)24-16-5-3-2-4-15(16)21/h2-9H,11H2,1H3,(H,23,26)(H,24,25)/b13-8-. The number of carbonyl (C=O) groups is 2. The number of nitrogens with zero attached hydrogens (tertiary/aromatic N) is 1. The number of ether oxygens (including phenoxy) is 1. The van der Waals surface area contributed by atoms with Crippen LogP contribution in [0.3, 0.4) is 0 Å². The number of anilines is 1. The molecule has 0 saturated heterocycles. The van der Waals surface area contributed by atoms with Crippen LogP contribution in [0, 0.1) is 17.1 Å². The van der Waals surface area contributed by atoms with Crippen LogP contribution in [0.25, 0.3) is 6.08 Å². The number of nitrogens with one attached hydrogen (secondary N) is 2. The molecule has 0 aliphatic carbocycles. The van der Waals surface area contributed by atoms with E-state index in [-0.39, 0.29) is 28.6 Å². The summed E-state index contributed by atoms with van der Waals surface area (Å²) < 4.78 is 18.8. The molecule has 2 rings (SSSR count). The van der Waals surface area contributed by atoms with E-state index in [0.29, 0.717) is 5.56 Å². The zero-order valence-electron chi connectivity index (χ0n) is 14.3. The van der Waals surface area contributed by atoms with Crippen LogP contribution < -0.4 is 15.4 Å².